The van der Waals surface area contributed by atoms with Crippen molar-refractivity contribution in [3.8, 4) is 0 Å². The second-order valence-electron chi connectivity index (χ2n) is 7.32. The average molecular weight is 310 g/mol. The zero-order valence-electron chi connectivity index (χ0n) is 14.2. The highest BCUT2D eigenvalue weighted by atomic mass is 16.2. The van der Waals surface area contributed by atoms with Gasteiger partial charge in [0.15, 0.2) is 0 Å². The van der Waals surface area contributed by atoms with Gasteiger partial charge in [0.25, 0.3) is 0 Å². The van der Waals surface area contributed by atoms with Crippen LogP contribution in [0.1, 0.15) is 26.2 Å². The average Bonchev–Trinajstić information content (AvgIpc) is 2.85. The van der Waals surface area contributed by atoms with E-state index in [-0.39, 0.29) is 23.1 Å². The molecule has 126 valence electrons. The van der Waals surface area contributed by atoms with Crippen LogP contribution in [0.25, 0.3) is 0 Å². The Hall–Kier alpha value is -1.14. The minimum atomic E-state index is -0.181. The van der Waals surface area contributed by atoms with E-state index in [1.54, 1.807) is 0 Å². The number of hydrogen-bond acceptors (Lipinski definition) is 4. The number of nitrogens with one attached hydrogen (secondary N) is 2. The lowest BCUT2D eigenvalue weighted by Gasteiger charge is -2.34. The molecule has 2 rings (SSSR count). The normalized spacial score (nSPS) is 24.8. The number of piperidine rings is 1. The van der Waals surface area contributed by atoms with Gasteiger partial charge in [-0.2, -0.15) is 0 Å². The second-order valence-corrected chi connectivity index (χ2v) is 7.32. The molecule has 1 atom stereocenters. The summed E-state index contributed by atoms with van der Waals surface area (Å²) in [5.41, 5.74) is 0.189. The minimum Gasteiger partial charge on any atom is -0.355 e. The Morgan fingerprint density at radius 2 is 2.09 bits per heavy atom. The molecule has 0 radical (unpaired) electrons. The van der Waals surface area contributed by atoms with Crippen molar-refractivity contribution in [3.63, 3.8) is 0 Å². The van der Waals surface area contributed by atoms with E-state index in [4.69, 9.17) is 0 Å². The number of rotatable bonds is 6. The van der Waals surface area contributed by atoms with E-state index in [0.29, 0.717) is 19.5 Å². The Balaban J connectivity index is 1.77. The standard InChI is InChI=1S/C16H30N4O2/c1-16(4-6-17-7-5-16)12-18-15(22)13-10-14(21)20(11-13)9-8-19(2)3/h13,17H,4-12H2,1-3H3,(H,18,22). The molecule has 0 aromatic heterocycles. The summed E-state index contributed by atoms with van der Waals surface area (Å²) in [5.74, 6) is -0.0319. The Bertz CT molecular complexity index is 405. The van der Waals surface area contributed by atoms with E-state index in [9.17, 15) is 9.59 Å². The maximum atomic E-state index is 12.3. The van der Waals surface area contributed by atoms with Gasteiger partial charge in [-0.05, 0) is 45.4 Å². The molecule has 0 aromatic rings. The maximum Gasteiger partial charge on any atom is 0.225 e. The van der Waals surface area contributed by atoms with Crippen molar-refractivity contribution in [2.45, 2.75) is 26.2 Å². The summed E-state index contributed by atoms with van der Waals surface area (Å²) in [6, 6.07) is 0. The van der Waals surface area contributed by atoms with Crippen LogP contribution >= 0.6 is 0 Å². The third-order valence-electron chi connectivity index (χ3n) is 4.90. The Morgan fingerprint density at radius 1 is 1.41 bits per heavy atom. The van der Waals surface area contributed by atoms with E-state index in [1.165, 1.54) is 0 Å². The van der Waals surface area contributed by atoms with Crippen molar-refractivity contribution in [3.05, 3.63) is 0 Å². The van der Waals surface area contributed by atoms with E-state index >= 15 is 0 Å². The summed E-state index contributed by atoms with van der Waals surface area (Å²) < 4.78 is 0. The fourth-order valence-corrected chi connectivity index (χ4v) is 3.14. The number of amides is 2. The Morgan fingerprint density at radius 3 is 2.73 bits per heavy atom. The predicted octanol–water partition coefficient (Wildman–Crippen LogP) is -0.0976. The van der Waals surface area contributed by atoms with Gasteiger partial charge in [-0.1, -0.05) is 6.92 Å². The Labute approximate surface area is 133 Å². The maximum absolute atomic E-state index is 12.3. The van der Waals surface area contributed by atoms with Gasteiger partial charge in [0.2, 0.25) is 11.8 Å². The summed E-state index contributed by atoms with van der Waals surface area (Å²) in [4.78, 5) is 28.2. The van der Waals surface area contributed by atoms with Crippen LogP contribution in [-0.2, 0) is 9.59 Å². The van der Waals surface area contributed by atoms with Crippen molar-refractivity contribution >= 4 is 11.8 Å². The monoisotopic (exact) mass is 310 g/mol. The number of likely N-dealkylation sites (tertiary alicyclic amines) is 1. The van der Waals surface area contributed by atoms with Crippen LogP contribution < -0.4 is 10.6 Å². The first-order valence-corrected chi connectivity index (χ1v) is 8.31. The second kappa shape index (κ2) is 7.42. The molecule has 1 unspecified atom stereocenters. The molecule has 6 heteroatoms. The molecule has 22 heavy (non-hydrogen) atoms. The highest BCUT2D eigenvalue weighted by molar-refractivity contribution is 5.89. The van der Waals surface area contributed by atoms with E-state index < -0.39 is 0 Å². The lowest BCUT2D eigenvalue weighted by atomic mass is 9.81. The van der Waals surface area contributed by atoms with Gasteiger partial charge in [-0.15, -0.1) is 0 Å². The minimum absolute atomic E-state index is 0.0421. The molecule has 0 aliphatic carbocycles. The van der Waals surface area contributed by atoms with Crippen LogP contribution in [0.5, 0.6) is 0 Å². The topological polar surface area (TPSA) is 64.7 Å². The third-order valence-corrected chi connectivity index (χ3v) is 4.90. The van der Waals surface area contributed by atoms with Crippen LogP contribution in [0.15, 0.2) is 0 Å². The highest BCUT2D eigenvalue weighted by Gasteiger charge is 2.35. The van der Waals surface area contributed by atoms with Crippen molar-refractivity contribution in [1.82, 2.24) is 20.4 Å². The molecule has 2 N–H and O–H groups in total. The third kappa shape index (κ3) is 4.68. The molecule has 0 saturated carbocycles. The van der Waals surface area contributed by atoms with Crippen LogP contribution in [0, 0.1) is 11.3 Å². The van der Waals surface area contributed by atoms with Gasteiger partial charge in [0.05, 0.1) is 5.92 Å². The summed E-state index contributed by atoms with van der Waals surface area (Å²) in [7, 11) is 3.98. The van der Waals surface area contributed by atoms with Gasteiger partial charge >= 0.3 is 0 Å². The molecular formula is C16H30N4O2. The van der Waals surface area contributed by atoms with E-state index in [1.807, 2.05) is 19.0 Å². The van der Waals surface area contributed by atoms with E-state index in [0.717, 1.165) is 39.0 Å². The van der Waals surface area contributed by atoms with Crippen LogP contribution in [0.3, 0.4) is 0 Å². The van der Waals surface area contributed by atoms with Crippen LogP contribution in [-0.4, -0.2) is 75.0 Å². The molecule has 0 aromatic carbocycles. The summed E-state index contributed by atoms with van der Waals surface area (Å²) in [5, 5.41) is 6.43. The van der Waals surface area contributed by atoms with Crippen molar-refractivity contribution in [1.29, 1.82) is 0 Å². The number of carbonyl (C=O) groups excluding carboxylic acids is 2. The zero-order chi connectivity index (χ0) is 16.2. The molecule has 2 amide bonds. The van der Waals surface area contributed by atoms with E-state index in [2.05, 4.69) is 22.5 Å². The SMILES string of the molecule is CN(C)CCN1CC(C(=O)NCC2(C)CCNCC2)CC1=O. The predicted molar refractivity (Wildman–Crippen MR) is 86.5 cm³/mol. The fourth-order valence-electron chi connectivity index (χ4n) is 3.14. The molecule has 2 fully saturated rings. The first-order valence-electron chi connectivity index (χ1n) is 8.31. The molecule has 0 bridgehead atoms. The molecule has 0 spiro atoms. The van der Waals surface area contributed by atoms with Crippen molar-refractivity contribution in [2.24, 2.45) is 11.3 Å². The first kappa shape index (κ1) is 17.2. The van der Waals surface area contributed by atoms with Gasteiger partial charge < -0.3 is 20.4 Å². The quantitative estimate of drug-likeness (QED) is 0.719. The smallest absolute Gasteiger partial charge is 0.225 e. The van der Waals surface area contributed by atoms with Gasteiger partial charge in [-0.3, -0.25) is 9.59 Å². The van der Waals surface area contributed by atoms with Gasteiger partial charge in [0, 0.05) is 32.6 Å². The largest absolute Gasteiger partial charge is 0.355 e. The van der Waals surface area contributed by atoms with Crippen LogP contribution in [0.4, 0.5) is 0 Å². The summed E-state index contributed by atoms with van der Waals surface area (Å²) in [6.45, 7) is 7.10. The molecule has 6 nitrogen and oxygen atoms in total. The molecule has 2 saturated heterocycles. The fraction of sp³-hybridized carbons (Fsp3) is 0.875. The lowest BCUT2D eigenvalue weighted by Crippen LogP contribution is -2.44. The lowest BCUT2D eigenvalue weighted by molar-refractivity contribution is -0.129. The molecule has 2 aliphatic rings. The first-order chi connectivity index (χ1) is 10.4. The molecular weight excluding hydrogens is 280 g/mol. The number of nitrogens with zero attached hydrogens (tertiary/aromatic N) is 2. The van der Waals surface area contributed by atoms with Crippen molar-refractivity contribution in [2.75, 3.05) is 53.4 Å². The Kier molecular flexibility index (Phi) is 5.81. The van der Waals surface area contributed by atoms with Crippen molar-refractivity contribution < 1.29 is 9.59 Å². The number of likely N-dealkylation sites (N-methyl/N-ethyl adjacent to an activating group) is 1. The summed E-state index contributed by atoms with van der Waals surface area (Å²) in [6.07, 6.45) is 2.54. The van der Waals surface area contributed by atoms with Gasteiger partial charge in [-0.25, -0.2) is 0 Å². The highest BCUT2D eigenvalue weighted by Crippen LogP contribution is 2.27. The zero-order valence-corrected chi connectivity index (χ0v) is 14.2. The number of carbonyl (C=O) groups is 2. The molecule has 2 heterocycles. The molecule has 2 aliphatic heterocycles. The number of hydrogen-bond donors (Lipinski definition) is 2. The van der Waals surface area contributed by atoms with Crippen LogP contribution in [0.2, 0.25) is 0 Å². The van der Waals surface area contributed by atoms with Gasteiger partial charge in [0.1, 0.15) is 0 Å². The summed E-state index contributed by atoms with van der Waals surface area (Å²) >= 11 is 0.